The van der Waals surface area contributed by atoms with Crippen molar-refractivity contribution in [2.75, 3.05) is 20.2 Å². The topological polar surface area (TPSA) is 24.8 Å². The van der Waals surface area contributed by atoms with Gasteiger partial charge in [0.05, 0.1) is 0 Å². The molecule has 2 heterocycles. The summed E-state index contributed by atoms with van der Waals surface area (Å²) in [6.07, 6.45) is 6.34. The molecule has 3 nitrogen and oxygen atoms in total. The van der Waals surface area contributed by atoms with Gasteiger partial charge in [-0.3, -0.25) is 4.99 Å². The summed E-state index contributed by atoms with van der Waals surface area (Å²) in [6, 6.07) is 0. The maximum atomic E-state index is 5.49. The molecule has 3 heteroatoms. The monoisotopic (exact) mass is 182 g/mol. The summed E-state index contributed by atoms with van der Waals surface area (Å²) < 4.78 is 5.49. The van der Waals surface area contributed by atoms with Crippen molar-refractivity contribution in [1.29, 1.82) is 0 Å². The largest absolute Gasteiger partial charge is 0.362 e. The Kier molecular flexibility index (Phi) is 2.83. The molecule has 2 aliphatic rings. The zero-order valence-corrected chi connectivity index (χ0v) is 8.33. The molecule has 2 aliphatic heterocycles. The lowest BCUT2D eigenvalue weighted by atomic mass is 10.2. The van der Waals surface area contributed by atoms with Crippen LogP contribution >= 0.6 is 0 Å². The summed E-state index contributed by atoms with van der Waals surface area (Å²) in [4.78, 5) is 6.93. The molecular formula is C10H18N2O. The summed E-state index contributed by atoms with van der Waals surface area (Å²) in [5, 5.41) is 0. The van der Waals surface area contributed by atoms with Gasteiger partial charge in [-0.2, -0.15) is 0 Å². The smallest absolute Gasteiger partial charge is 0.130 e. The van der Waals surface area contributed by atoms with E-state index in [2.05, 4.69) is 9.89 Å². The highest BCUT2D eigenvalue weighted by Gasteiger charge is 2.25. The van der Waals surface area contributed by atoms with E-state index in [9.17, 15) is 0 Å². The number of rotatable bonds is 1. The summed E-state index contributed by atoms with van der Waals surface area (Å²) in [5.41, 5.74) is 0. The average molecular weight is 182 g/mol. The van der Waals surface area contributed by atoms with Crippen LogP contribution in [-0.2, 0) is 4.74 Å². The number of nitrogens with zero attached hydrogens (tertiary/aromatic N) is 2. The second kappa shape index (κ2) is 4.09. The normalized spacial score (nSPS) is 29.2. The van der Waals surface area contributed by atoms with Crippen LogP contribution in [0.15, 0.2) is 4.99 Å². The van der Waals surface area contributed by atoms with E-state index in [0.717, 1.165) is 25.9 Å². The van der Waals surface area contributed by atoms with Crippen molar-refractivity contribution >= 4 is 5.84 Å². The fraction of sp³-hybridized carbons (Fsp3) is 0.900. The SMILES string of the molecule is COC1CCCCC2=NCCCN21. The molecule has 1 unspecified atom stereocenters. The number of fused-ring (bicyclic) bond motifs is 1. The Labute approximate surface area is 79.8 Å². The van der Waals surface area contributed by atoms with Crippen LogP contribution in [0.4, 0.5) is 0 Å². The molecule has 0 radical (unpaired) electrons. The Bertz CT molecular complexity index is 203. The molecule has 0 bridgehead atoms. The quantitative estimate of drug-likeness (QED) is 0.616. The fourth-order valence-corrected chi connectivity index (χ4v) is 2.20. The lowest BCUT2D eigenvalue weighted by Crippen LogP contribution is -2.43. The van der Waals surface area contributed by atoms with Gasteiger partial charge < -0.3 is 9.64 Å². The van der Waals surface area contributed by atoms with Crippen LogP contribution in [0.3, 0.4) is 0 Å². The number of hydrogen-bond donors (Lipinski definition) is 0. The highest BCUT2D eigenvalue weighted by molar-refractivity contribution is 5.83. The number of ether oxygens (including phenoxy) is 1. The molecule has 1 atom stereocenters. The molecule has 1 saturated heterocycles. The van der Waals surface area contributed by atoms with E-state index in [1.807, 2.05) is 7.11 Å². The van der Waals surface area contributed by atoms with E-state index in [4.69, 9.17) is 4.74 Å². The van der Waals surface area contributed by atoms with Gasteiger partial charge in [-0.05, 0) is 25.7 Å². The minimum atomic E-state index is 0.293. The maximum Gasteiger partial charge on any atom is 0.130 e. The number of amidine groups is 1. The second-order valence-electron chi connectivity index (χ2n) is 3.78. The number of methoxy groups -OCH3 is 1. The van der Waals surface area contributed by atoms with E-state index < -0.39 is 0 Å². The first kappa shape index (κ1) is 9.00. The third kappa shape index (κ3) is 1.85. The van der Waals surface area contributed by atoms with Crippen molar-refractivity contribution in [3.05, 3.63) is 0 Å². The van der Waals surface area contributed by atoms with Crippen LogP contribution in [0.5, 0.6) is 0 Å². The zero-order valence-electron chi connectivity index (χ0n) is 8.33. The third-order valence-corrected chi connectivity index (χ3v) is 2.90. The average Bonchev–Trinajstić information content (AvgIpc) is 2.39. The van der Waals surface area contributed by atoms with Crippen molar-refractivity contribution in [2.45, 2.75) is 38.3 Å². The first-order valence-electron chi connectivity index (χ1n) is 5.24. The predicted octanol–water partition coefficient (Wildman–Crippen LogP) is 1.64. The van der Waals surface area contributed by atoms with Crippen molar-refractivity contribution in [1.82, 2.24) is 4.90 Å². The fourth-order valence-electron chi connectivity index (χ4n) is 2.20. The van der Waals surface area contributed by atoms with E-state index in [-0.39, 0.29) is 0 Å². The molecular weight excluding hydrogens is 164 g/mol. The van der Waals surface area contributed by atoms with Crippen LogP contribution in [-0.4, -0.2) is 37.2 Å². The molecule has 0 aromatic rings. The Balaban J connectivity index is 2.13. The van der Waals surface area contributed by atoms with Gasteiger partial charge in [0.1, 0.15) is 12.1 Å². The molecule has 0 amide bonds. The van der Waals surface area contributed by atoms with E-state index in [1.165, 1.54) is 25.1 Å². The van der Waals surface area contributed by atoms with Gasteiger partial charge >= 0.3 is 0 Å². The van der Waals surface area contributed by atoms with Gasteiger partial charge in [-0.25, -0.2) is 0 Å². The van der Waals surface area contributed by atoms with Crippen molar-refractivity contribution < 1.29 is 4.74 Å². The van der Waals surface area contributed by atoms with Crippen molar-refractivity contribution in [3.8, 4) is 0 Å². The molecule has 0 aromatic heterocycles. The van der Waals surface area contributed by atoms with Crippen LogP contribution in [0.25, 0.3) is 0 Å². The Morgan fingerprint density at radius 3 is 3.15 bits per heavy atom. The van der Waals surface area contributed by atoms with Crippen LogP contribution in [0.1, 0.15) is 32.1 Å². The summed E-state index contributed by atoms with van der Waals surface area (Å²) in [7, 11) is 1.81. The van der Waals surface area contributed by atoms with Gasteiger partial charge in [0.2, 0.25) is 0 Å². The molecule has 74 valence electrons. The third-order valence-electron chi connectivity index (χ3n) is 2.90. The second-order valence-corrected chi connectivity index (χ2v) is 3.78. The predicted molar refractivity (Wildman–Crippen MR) is 52.9 cm³/mol. The van der Waals surface area contributed by atoms with Gasteiger partial charge in [-0.1, -0.05) is 0 Å². The maximum absolute atomic E-state index is 5.49. The van der Waals surface area contributed by atoms with Crippen molar-refractivity contribution in [3.63, 3.8) is 0 Å². The van der Waals surface area contributed by atoms with E-state index in [0.29, 0.717) is 6.23 Å². The van der Waals surface area contributed by atoms with E-state index >= 15 is 0 Å². The molecule has 0 aliphatic carbocycles. The highest BCUT2D eigenvalue weighted by atomic mass is 16.5. The lowest BCUT2D eigenvalue weighted by molar-refractivity contribution is 0.000613. The molecule has 0 aromatic carbocycles. The Hall–Kier alpha value is -0.570. The molecule has 0 N–H and O–H groups in total. The molecule has 13 heavy (non-hydrogen) atoms. The van der Waals surface area contributed by atoms with Crippen LogP contribution in [0.2, 0.25) is 0 Å². The number of hydrogen-bond acceptors (Lipinski definition) is 3. The lowest BCUT2D eigenvalue weighted by Gasteiger charge is -2.33. The zero-order chi connectivity index (χ0) is 9.10. The van der Waals surface area contributed by atoms with Crippen LogP contribution in [0, 0.1) is 0 Å². The van der Waals surface area contributed by atoms with Gasteiger partial charge in [0.15, 0.2) is 0 Å². The Morgan fingerprint density at radius 2 is 2.31 bits per heavy atom. The summed E-state index contributed by atoms with van der Waals surface area (Å²) >= 11 is 0. The van der Waals surface area contributed by atoms with E-state index in [1.54, 1.807) is 0 Å². The molecule has 2 rings (SSSR count). The number of aliphatic imine (C=N–C) groups is 1. The minimum Gasteiger partial charge on any atom is -0.362 e. The standard InChI is InChI=1S/C10H18N2O/c1-13-10-6-3-2-5-9-11-7-4-8-12(9)10/h10H,2-8H2,1H3. The first-order valence-corrected chi connectivity index (χ1v) is 5.24. The van der Waals surface area contributed by atoms with Crippen molar-refractivity contribution in [2.24, 2.45) is 4.99 Å². The highest BCUT2D eigenvalue weighted by Crippen LogP contribution is 2.21. The Morgan fingerprint density at radius 1 is 1.38 bits per heavy atom. The van der Waals surface area contributed by atoms with Gasteiger partial charge in [-0.15, -0.1) is 0 Å². The first-order chi connectivity index (χ1) is 6.42. The molecule has 0 spiro atoms. The van der Waals surface area contributed by atoms with Gasteiger partial charge in [0.25, 0.3) is 0 Å². The van der Waals surface area contributed by atoms with Gasteiger partial charge in [0, 0.05) is 26.6 Å². The van der Waals surface area contributed by atoms with Crippen LogP contribution < -0.4 is 0 Å². The minimum absolute atomic E-state index is 0.293. The molecule has 1 fully saturated rings. The molecule has 0 saturated carbocycles. The summed E-state index contributed by atoms with van der Waals surface area (Å²) in [5.74, 6) is 1.29. The summed E-state index contributed by atoms with van der Waals surface area (Å²) in [6.45, 7) is 2.15.